The Morgan fingerprint density at radius 1 is 0.750 bits per heavy atom. The van der Waals surface area contributed by atoms with E-state index < -0.39 is 0 Å². The van der Waals surface area contributed by atoms with Crippen molar-refractivity contribution in [2.75, 3.05) is 19.8 Å². The Bertz CT molecular complexity index is 309. The zero-order valence-corrected chi connectivity index (χ0v) is 9.19. The van der Waals surface area contributed by atoms with Crippen molar-refractivity contribution < 1.29 is 20.4 Å². The fourth-order valence-corrected chi connectivity index (χ4v) is 1.73. The molecule has 0 aliphatic rings. The van der Waals surface area contributed by atoms with Gasteiger partial charge in [0, 0.05) is 19.8 Å². The Hall–Kier alpha value is -1.10. The normalized spacial score (nSPS) is 10.7. The van der Waals surface area contributed by atoms with E-state index in [1.807, 2.05) is 0 Å². The lowest BCUT2D eigenvalue weighted by molar-refractivity contribution is 0.292. The van der Waals surface area contributed by atoms with Crippen molar-refractivity contribution >= 4 is 0 Å². The summed E-state index contributed by atoms with van der Waals surface area (Å²) in [7, 11) is 0. The molecule has 0 unspecified atom stereocenters. The van der Waals surface area contributed by atoms with E-state index in [0.717, 1.165) is 5.56 Å². The van der Waals surface area contributed by atoms with Crippen LogP contribution in [0.5, 0.6) is 5.75 Å². The quantitative estimate of drug-likeness (QED) is 0.550. The zero-order chi connectivity index (χ0) is 12.0. The van der Waals surface area contributed by atoms with Crippen LogP contribution in [0.25, 0.3) is 0 Å². The molecule has 0 aromatic heterocycles. The number of aromatic hydroxyl groups is 1. The van der Waals surface area contributed by atoms with E-state index in [9.17, 15) is 5.11 Å². The lowest BCUT2D eigenvalue weighted by Crippen LogP contribution is -2.01. The van der Waals surface area contributed by atoms with Gasteiger partial charge in [-0.2, -0.15) is 0 Å². The zero-order valence-electron chi connectivity index (χ0n) is 9.19. The third-order valence-corrected chi connectivity index (χ3v) is 2.49. The molecule has 4 heteroatoms. The van der Waals surface area contributed by atoms with E-state index in [1.54, 1.807) is 12.1 Å². The van der Waals surface area contributed by atoms with Gasteiger partial charge in [0.1, 0.15) is 5.75 Å². The minimum atomic E-state index is -0.0330. The van der Waals surface area contributed by atoms with Gasteiger partial charge >= 0.3 is 0 Å². The summed E-state index contributed by atoms with van der Waals surface area (Å²) < 4.78 is 0. The minimum Gasteiger partial charge on any atom is -0.507 e. The van der Waals surface area contributed by atoms with Crippen LogP contribution in [-0.4, -0.2) is 40.2 Å². The van der Waals surface area contributed by atoms with Crippen LogP contribution in [0.1, 0.15) is 16.7 Å². The van der Waals surface area contributed by atoms with Crippen LogP contribution in [0.15, 0.2) is 12.1 Å². The number of aliphatic hydroxyl groups is 3. The fourth-order valence-electron chi connectivity index (χ4n) is 1.73. The average molecular weight is 226 g/mol. The highest BCUT2D eigenvalue weighted by molar-refractivity contribution is 5.44. The SMILES string of the molecule is OCCc1cc(CCO)c(O)c(CCO)c1. The van der Waals surface area contributed by atoms with Gasteiger partial charge in [0.15, 0.2) is 0 Å². The molecule has 0 saturated heterocycles. The first kappa shape index (κ1) is 13.0. The smallest absolute Gasteiger partial charge is 0.122 e. The van der Waals surface area contributed by atoms with Crippen molar-refractivity contribution in [2.45, 2.75) is 19.3 Å². The molecule has 0 amide bonds. The van der Waals surface area contributed by atoms with Gasteiger partial charge < -0.3 is 20.4 Å². The monoisotopic (exact) mass is 226 g/mol. The number of benzene rings is 1. The largest absolute Gasteiger partial charge is 0.507 e. The highest BCUT2D eigenvalue weighted by atomic mass is 16.3. The van der Waals surface area contributed by atoms with Gasteiger partial charge in [-0.25, -0.2) is 0 Å². The molecular formula is C12H18O4. The molecule has 0 atom stereocenters. The van der Waals surface area contributed by atoms with Crippen molar-refractivity contribution in [3.63, 3.8) is 0 Å². The van der Waals surface area contributed by atoms with Crippen LogP contribution in [0.4, 0.5) is 0 Å². The lowest BCUT2D eigenvalue weighted by atomic mass is 9.99. The minimum absolute atomic E-state index is 0.0330. The molecule has 4 nitrogen and oxygen atoms in total. The molecule has 1 aromatic rings. The molecule has 0 aliphatic heterocycles. The second-order valence-corrected chi connectivity index (χ2v) is 3.68. The Morgan fingerprint density at radius 3 is 1.56 bits per heavy atom. The summed E-state index contributed by atoms with van der Waals surface area (Å²) in [5, 5.41) is 36.5. The molecule has 0 radical (unpaired) electrons. The van der Waals surface area contributed by atoms with E-state index in [4.69, 9.17) is 15.3 Å². The van der Waals surface area contributed by atoms with Crippen molar-refractivity contribution in [1.82, 2.24) is 0 Å². The predicted molar refractivity (Wildman–Crippen MR) is 60.5 cm³/mol. The summed E-state index contributed by atoms with van der Waals surface area (Å²) in [5.74, 6) is 0.143. The Balaban J connectivity index is 3.05. The van der Waals surface area contributed by atoms with Gasteiger partial charge in [-0.05, 0) is 36.0 Å². The van der Waals surface area contributed by atoms with Gasteiger partial charge in [0.2, 0.25) is 0 Å². The Morgan fingerprint density at radius 2 is 1.19 bits per heavy atom. The maximum absolute atomic E-state index is 9.86. The molecule has 0 aliphatic carbocycles. The maximum atomic E-state index is 9.86. The van der Waals surface area contributed by atoms with E-state index in [0.29, 0.717) is 30.4 Å². The molecule has 16 heavy (non-hydrogen) atoms. The standard InChI is InChI=1S/C12H18O4/c13-4-1-9-7-10(2-5-14)12(16)11(8-9)3-6-15/h7-8,13-16H,1-6H2. The number of phenols is 1. The van der Waals surface area contributed by atoms with Gasteiger partial charge in [0.05, 0.1) is 0 Å². The van der Waals surface area contributed by atoms with Crippen molar-refractivity contribution in [3.8, 4) is 5.75 Å². The Labute approximate surface area is 94.8 Å². The number of rotatable bonds is 6. The molecule has 1 aromatic carbocycles. The summed E-state index contributed by atoms with van der Waals surface area (Å²) in [6.45, 7) is -0.0225. The van der Waals surface area contributed by atoms with Crippen molar-refractivity contribution in [3.05, 3.63) is 28.8 Å². The summed E-state index contributed by atoms with van der Waals surface area (Å²) in [6, 6.07) is 3.56. The van der Waals surface area contributed by atoms with E-state index >= 15 is 0 Å². The third kappa shape index (κ3) is 3.20. The fraction of sp³-hybridized carbons (Fsp3) is 0.500. The highest BCUT2D eigenvalue weighted by Crippen LogP contribution is 2.25. The highest BCUT2D eigenvalue weighted by Gasteiger charge is 2.09. The van der Waals surface area contributed by atoms with E-state index in [2.05, 4.69) is 0 Å². The van der Waals surface area contributed by atoms with Crippen LogP contribution in [0, 0.1) is 0 Å². The summed E-state index contributed by atoms with van der Waals surface area (Å²) in [4.78, 5) is 0. The first-order valence-corrected chi connectivity index (χ1v) is 5.39. The number of hydrogen-bond acceptors (Lipinski definition) is 4. The van der Waals surface area contributed by atoms with Gasteiger partial charge in [-0.15, -0.1) is 0 Å². The van der Waals surface area contributed by atoms with Gasteiger partial charge in [-0.3, -0.25) is 0 Å². The average Bonchev–Trinajstić information content (AvgIpc) is 2.26. The topological polar surface area (TPSA) is 80.9 Å². The van der Waals surface area contributed by atoms with Crippen LogP contribution in [0.2, 0.25) is 0 Å². The molecule has 1 rings (SSSR count). The molecule has 0 fully saturated rings. The van der Waals surface area contributed by atoms with E-state index in [1.165, 1.54) is 0 Å². The molecule has 0 heterocycles. The number of hydrogen-bond donors (Lipinski definition) is 4. The second-order valence-electron chi connectivity index (χ2n) is 3.68. The Kier molecular flexibility index (Phi) is 5.25. The molecule has 0 spiro atoms. The number of phenolic OH excluding ortho intramolecular Hbond substituents is 1. The van der Waals surface area contributed by atoms with Gasteiger partial charge in [-0.1, -0.05) is 12.1 Å². The predicted octanol–water partition coefficient (Wildman–Crippen LogP) is -0.00340. The van der Waals surface area contributed by atoms with E-state index in [-0.39, 0.29) is 25.6 Å². The molecule has 4 N–H and O–H groups in total. The number of aliphatic hydroxyl groups excluding tert-OH is 3. The summed E-state index contributed by atoms with van der Waals surface area (Å²) >= 11 is 0. The van der Waals surface area contributed by atoms with Crippen LogP contribution in [-0.2, 0) is 19.3 Å². The van der Waals surface area contributed by atoms with Crippen LogP contribution < -0.4 is 0 Å². The van der Waals surface area contributed by atoms with Gasteiger partial charge in [0.25, 0.3) is 0 Å². The van der Waals surface area contributed by atoms with Crippen LogP contribution in [0.3, 0.4) is 0 Å². The van der Waals surface area contributed by atoms with Crippen molar-refractivity contribution in [1.29, 1.82) is 0 Å². The molecule has 90 valence electrons. The second kappa shape index (κ2) is 6.48. The first-order valence-electron chi connectivity index (χ1n) is 5.39. The third-order valence-electron chi connectivity index (χ3n) is 2.49. The molecule has 0 bridgehead atoms. The summed E-state index contributed by atoms with van der Waals surface area (Å²) in [6.07, 6.45) is 1.27. The molecule has 0 saturated carbocycles. The summed E-state index contributed by atoms with van der Waals surface area (Å²) in [5.41, 5.74) is 2.24. The first-order chi connectivity index (χ1) is 7.72. The lowest BCUT2D eigenvalue weighted by Gasteiger charge is -2.11. The van der Waals surface area contributed by atoms with Crippen LogP contribution >= 0.6 is 0 Å². The van der Waals surface area contributed by atoms with Crippen molar-refractivity contribution in [2.24, 2.45) is 0 Å². The molecular weight excluding hydrogens is 208 g/mol. The maximum Gasteiger partial charge on any atom is 0.122 e.